The first-order valence-corrected chi connectivity index (χ1v) is 10.7. The summed E-state index contributed by atoms with van der Waals surface area (Å²) in [6.45, 7) is 16.7. The Balaban J connectivity index is 2.04. The first-order valence-electron chi connectivity index (χ1n) is 10.7. The SMILES string of the molecule is CCCN(c1cc(C)nc2c1c(C)c(C)n2-c1c(C)cc(C)cc1C)C1CC1. The monoisotopic (exact) mass is 375 g/mol. The summed E-state index contributed by atoms with van der Waals surface area (Å²) in [4.78, 5) is 7.70. The van der Waals surface area contributed by atoms with Crippen LogP contribution in [0.2, 0.25) is 0 Å². The maximum atomic E-state index is 5.06. The molecule has 0 saturated heterocycles. The fourth-order valence-electron chi connectivity index (χ4n) is 4.82. The van der Waals surface area contributed by atoms with Crippen molar-refractivity contribution in [1.29, 1.82) is 0 Å². The Morgan fingerprint density at radius 2 is 1.64 bits per heavy atom. The Bertz CT molecular complexity index is 1030. The summed E-state index contributed by atoms with van der Waals surface area (Å²) >= 11 is 0. The van der Waals surface area contributed by atoms with E-state index in [0.717, 1.165) is 17.9 Å². The van der Waals surface area contributed by atoms with Gasteiger partial charge in [-0.05, 0) is 83.6 Å². The molecule has 3 nitrogen and oxygen atoms in total. The van der Waals surface area contributed by atoms with Gasteiger partial charge in [0.15, 0.2) is 0 Å². The van der Waals surface area contributed by atoms with Crippen LogP contribution in [-0.4, -0.2) is 22.1 Å². The molecule has 0 amide bonds. The van der Waals surface area contributed by atoms with Crippen LogP contribution in [0.25, 0.3) is 16.7 Å². The van der Waals surface area contributed by atoms with Gasteiger partial charge in [-0.15, -0.1) is 0 Å². The summed E-state index contributed by atoms with van der Waals surface area (Å²) in [7, 11) is 0. The van der Waals surface area contributed by atoms with Crippen LogP contribution >= 0.6 is 0 Å². The van der Waals surface area contributed by atoms with Crippen LogP contribution in [0.3, 0.4) is 0 Å². The fraction of sp³-hybridized carbons (Fsp3) is 0.480. The average molecular weight is 376 g/mol. The molecule has 1 aliphatic carbocycles. The molecule has 3 heteroatoms. The number of benzene rings is 1. The van der Waals surface area contributed by atoms with Gasteiger partial charge in [0, 0.05) is 29.4 Å². The Labute approximate surface area is 169 Å². The van der Waals surface area contributed by atoms with Crippen LogP contribution in [0.5, 0.6) is 0 Å². The molecule has 1 aromatic carbocycles. The Kier molecular flexibility index (Phi) is 4.73. The van der Waals surface area contributed by atoms with Crippen LogP contribution in [0.4, 0.5) is 5.69 Å². The van der Waals surface area contributed by atoms with Crippen molar-refractivity contribution in [1.82, 2.24) is 9.55 Å². The Morgan fingerprint density at radius 3 is 2.21 bits per heavy atom. The quantitative estimate of drug-likeness (QED) is 0.525. The van der Waals surface area contributed by atoms with E-state index in [2.05, 4.69) is 76.1 Å². The number of pyridine rings is 1. The second-order valence-corrected chi connectivity index (χ2v) is 8.70. The number of aromatic nitrogens is 2. The highest BCUT2D eigenvalue weighted by atomic mass is 15.2. The minimum Gasteiger partial charge on any atom is -0.368 e. The second kappa shape index (κ2) is 6.95. The third-order valence-electron chi connectivity index (χ3n) is 6.19. The number of fused-ring (bicyclic) bond motifs is 1. The molecule has 2 aromatic heterocycles. The lowest BCUT2D eigenvalue weighted by atomic mass is 10.0. The molecule has 3 aromatic rings. The maximum Gasteiger partial charge on any atom is 0.147 e. The third-order valence-corrected chi connectivity index (χ3v) is 6.19. The summed E-state index contributed by atoms with van der Waals surface area (Å²) in [6.07, 6.45) is 3.81. The Hall–Kier alpha value is -2.29. The molecule has 0 aliphatic heterocycles. The highest BCUT2D eigenvalue weighted by Gasteiger charge is 2.31. The van der Waals surface area contributed by atoms with Crippen LogP contribution in [0.1, 0.15) is 59.8 Å². The standard InChI is InChI=1S/C25H33N3/c1-8-11-27(21-9-10-21)22-14-18(5)26-25-23(22)19(6)20(7)28(25)24-16(3)12-15(2)13-17(24)4/h12-14,21H,8-11H2,1-7H3. The number of rotatable bonds is 5. The molecule has 0 atom stereocenters. The number of aryl methyl sites for hydroxylation is 5. The predicted octanol–water partition coefficient (Wildman–Crippen LogP) is 6.25. The molecule has 28 heavy (non-hydrogen) atoms. The zero-order valence-corrected chi connectivity index (χ0v) is 18.5. The van der Waals surface area contributed by atoms with E-state index in [1.165, 1.54) is 64.0 Å². The van der Waals surface area contributed by atoms with Gasteiger partial charge in [-0.25, -0.2) is 4.98 Å². The third kappa shape index (κ3) is 3.01. The molecule has 0 radical (unpaired) electrons. The van der Waals surface area contributed by atoms with Crippen molar-refractivity contribution in [3.8, 4) is 5.69 Å². The van der Waals surface area contributed by atoms with Gasteiger partial charge in [-0.1, -0.05) is 24.6 Å². The summed E-state index contributed by atoms with van der Waals surface area (Å²) < 4.78 is 2.41. The summed E-state index contributed by atoms with van der Waals surface area (Å²) in [5.41, 5.74) is 11.5. The van der Waals surface area contributed by atoms with Crippen molar-refractivity contribution in [3.05, 3.63) is 51.8 Å². The Morgan fingerprint density at radius 1 is 1.00 bits per heavy atom. The molecule has 2 heterocycles. The average Bonchev–Trinajstić information content (AvgIpc) is 3.42. The molecular formula is C25H33N3. The van der Waals surface area contributed by atoms with Crippen molar-refractivity contribution < 1.29 is 0 Å². The van der Waals surface area contributed by atoms with Crippen molar-refractivity contribution in [2.24, 2.45) is 0 Å². The molecule has 148 valence electrons. The van der Waals surface area contributed by atoms with Gasteiger partial charge in [0.25, 0.3) is 0 Å². The van der Waals surface area contributed by atoms with E-state index >= 15 is 0 Å². The smallest absolute Gasteiger partial charge is 0.147 e. The van der Waals surface area contributed by atoms with Gasteiger partial charge in [0.05, 0.1) is 11.4 Å². The van der Waals surface area contributed by atoms with Crippen LogP contribution in [0, 0.1) is 41.5 Å². The number of hydrogen-bond acceptors (Lipinski definition) is 2. The fourth-order valence-corrected chi connectivity index (χ4v) is 4.82. The van der Waals surface area contributed by atoms with E-state index in [1.807, 2.05) is 0 Å². The molecule has 1 fully saturated rings. The first-order chi connectivity index (χ1) is 13.3. The van der Waals surface area contributed by atoms with Crippen molar-refractivity contribution >= 4 is 16.7 Å². The number of anilines is 1. The maximum absolute atomic E-state index is 5.06. The van der Waals surface area contributed by atoms with Gasteiger partial charge in [0.1, 0.15) is 5.65 Å². The highest BCUT2D eigenvalue weighted by Crippen LogP contribution is 2.40. The lowest BCUT2D eigenvalue weighted by Gasteiger charge is -2.26. The second-order valence-electron chi connectivity index (χ2n) is 8.70. The lowest BCUT2D eigenvalue weighted by Crippen LogP contribution is -2.26. The zero-order chi connectivity index (χ0) is 20.2. The largest absolute Gasteiger partial charge is 0.368 e. The minimum absolute atomic E-state index is 0.704. The highest BCUT2D eigenvalue weighted by molar-refractivity contribution is 5.96. The predicted molar refractivity (Wildman–Crippen MR) is 120 cm³/mol. The molecule has 0 bridgehead atoms. The van der Waals surface area contributed by atoms with E-state index < -0.39 is 0 Å². The molecule has 0 spiro atoms. The molecule has 4 rings (SSSR count). The molecule has 1 saturated carbocycles. The van der Waals surface area contributed by atoms with Crippen molar-refractivity contribution in [2.45, 2.75) is 73.8 Å². The van der Waals surface area contributed by atoms with Crippen molar-refractivity contribution in [2.75, 3.05) is 11.4 Å². The van der Waals surface area contributed by atoms with Gasteiger partial charge in [0.2, 0.25) is 0 Å². The first kappa shape index (κ1) is 19.0. The summed E-state index contributed by atoms with van der Waals surface area (Å²) in [6, 6.07) is 7.58. The van der Waals surface area contributed by atoms with Crippen LogP contribution < -0.4 is 4.90 Å². The number of nitrogens with zero attached hydrogens (tertiary/aromatic N) is 3. The van der Waals surface area contributed by atoms with Crippen LogP contribution in [-0.2, 0) is 0 Å². The van der Waals surface area contributed by atoms with E-state index in [9.17, 15) is 0 Å². The molecule has 1 aliphatic rings. The van der Waals surface area contributed by atoms with E-state index in [4.69, 9.17) is 4.98 Å². The summed E-state index contributed by atoms with van der Waals surface area (Å²) in [5.74, 6) is 0. The zero-order valence-electron chi connectivity index (χ0n) is 18.5. The van der Waals surface area contributed by atoms with Gasteiger partial charge < -0.3 is 4.90 Å². The minimum atomic E-state index is 0.704. The van der Waals surface area contributed by atoms with E-state index in [0.29, 0.717) is 6.04 Å². The normalized spacial score (nSPS) is 14.1. The number of hydrogen-bond donors (Lipinski definition) is 0. The molecular weight excluding hydrogens is 342 g/mol. The van der Waals surface area contributed by atoms with Gasteiger partial charge in [-0.2, -0.15) is 0 Å². The van der Waals surface area contributed by atoms with E-state index in [-0.39, 0.29) is 0 Å². The topological polar surface area (TPSA) is 21.1 Å². The lowest BCUT2D eigenvalue weighted by molar-refractivity contribution is 0.765. The summed E-state index contributed by atoms with van der Waals surface area (Å²) in [5, 5.41) is 1.34. The van der Waals surface area contributed by atoms with Crippen molar-refractivity contribution in [3.63, 3.8) is 0 Å². The van der Waals surface area contributed by atoms with Gasteiger partial charge in [-0.3, -0.25) is 4.57 Å². The van der Waals surface area contributed by atoms with Crippen LogP contribution in [0.15, 0.2) is 18.2 Å². The van der Waals surface area contributed by atoms with E-state index in [1.54, 1.807) is 0 Å². The molecule has 0 unspecified atom stereocenters. The molecule has 0 N–H and O–H groups in total. The van der Waals surface area contributed by atoms with Gasteiger partial charge >= 0.3 is 0 Å².